The van der Waals surface area contributed by atoms with E-state index in [1.807, 2.05) is 6.07 Å². The summed E-state index contributed by atoms with van der Waals surface area (Å²) >= 11 is 0. The molecule has 2 N–H and O–H groups in total. The molecule has 0 heterocycles. The minimum atomic E-state index is -4.17. The maximum atomic E-state index is 13.7. The number of benzene rings is 3. The highest BCUT2D eigenvalue weighted by molar-refractivity contribution is 7.89. The van der Waals surface area contributed by atoms with Crippen molar-refractivity contribution in [1.82, 2.24) is 9.03 Å². The van der Waals surface area contributed by atoms with E-state index in [1.165, 1.54) is 31.4 Å². The molecule has 9 nitrogen and oxygen atoms in total. The van der Waals surface area contributed by atoms with Crippen LogP contribution >= 0.6 is 0 Å². The highest BCUT2D eigenvalue weighted by Gasteiger charge is 2.28. The van der Waals surface area contributed by atoms with Crippen LogP contribution in [0.5, 0.6) is 5.75 Å². The fourth-order valence-corrected chi connectivity index (χ4v) is 7.18. The Morgan fingerprint density at radius 2 is 1.46 bits per heavy atom. The van der Waals surface area contributed by atoms with Gasteiger partial charge in [0.05, 0.1) is 23.4 Å². The van der Waals surface area contributed by atoms with E-state index in [-0.39, 0.29) is 22.4 Å². The zero-order valence-electron chi connectivity index (χ0n) is 21.7. The maximum absolute atomic E-state index is 13.7. The van der Waals surface area contributed by atoms with Crippen molar-refractivity contribution in [1.29, 1.82) is 0 Å². The molecule has 0 bridgehead atoms. The van der Waals surface area contributed by atoms with Gasteiger partial charge in [0.2, 0.25) is 26.0 Å². The largest absolute Gasteiger partial charge is 0.497 e. The van der Waals surface area contributed by atoms with Crippen LogP contribution in [0.15, 0.2) is 88.7 Å². The van der Waals surface area contributed by atoms with Crippen molar-refractivity contribution in [3.05, 3.63) is 84.4 Å². The highest BCUT2D eigenvalue weighted by atomic mass is 32.2. The van der Waals surface area contributed by atoms with Crippen LogP contribution in [0.2, 0.25) is 0 Å². The Labute approximate surface area is 230 Å². The summed E-state index contributed by atoms with van der Waals surface area (Å²) in [5.41, 5.74) is 1.20. The summed E-state index contributed by atoms with van der Waals surface area (Å²) in [5, 5.41) is 2.72. The van der Waals surface area contributed by atoms with Crippen molar-refractivity contribution >= 4 is 31.6 Å². The lowest BCUT2D eigenvalue weighted by Gasteiger charge is -2.23. The zero-order valence-corrected chi connectivity index (χ0v) is 23.4. The molecule has 0 aliphatic heterocycles. The molecule has 4 rings (SSSR count). The summed E-state index contributed by atoms with van der Waals surface area (Å²) in [6.45, 7) is -0.510. The smallest absolute Gasteiger partial charge is 0.243 e. The van der Waals surface area contributed by atoms with Crippen LogP contribution < -0.4 is 14.8 Å². The van der Waals surface area contributed by atoms with Gasteiger partial charge in [0, 0.05) is 18.3 Å². The highest BCUT2D eigenvalue weighted by Crippen LogP contribution is 2.24. The third-order valence-corrected chi connectivity index (χ3v) is 9.94. The molecule has 0 unspecified atom stereocenters. The van der Waals surface area contributed by atoms with Gasteiger partial charge >= 0.3 is 0 Å². The second-order valence-corrected chi connectivity index (χ2v) is 13.1. The Kier molecular flexibility index (Phi) is 9.39. The fourth-order valence-electron chi connectivity index (χ4n) is 4.49. The summed E-state index contributed by atoms with van der Waals surface area (Å²) in [6.07, 6.45) is 4.63. The summed E-state index contributed by atoms with van der Waals surface area (Å²) < 4.78 is 62.1. The third-order valence-electron chi connectivity index (χ3n) is 6.59. The number of hydrogen-bond donors (Lipinski definition) is 2. The number of para-hydroxylation sites is 1. The molecule has 3 aromatic carbocycles. The Morgan fingerprint density at radius 3 is 2.08 bits per heavy atom. The SMILES string of the molecule is COc1ccc(CN(CC(=O)Nc2ccccc2)S(=O)(=O)c2ccc(S(=O)(=O)NC3CCCCC3)cc2)cc1. The van der Waals surface area contributed by atoms with Crippen molar-refractivity contribution in [2.75, 3.05) is 19.0 Å². The molecule has 0 aromatic heterocycles. The average Bonchev–Trinajstić information content (AvgIpc) is 2.94. The molecule has 0 saturated heterocycles. The van der Waals surface area contributed by atoms with E-state index in [9.17, 15) is 21.6 Å². The van der Waals surface area contributed by atoms with E-state index in [1.54, 1.807) is 48.5 Å². The quantitative estimate of drug-likeness (QED) is 0.357. The van der Waals surface area contributed by atoms with E-state index >= 15 is 0 Å². The molecule has 3 aromatic rings. The minimum Gasteiger partial charge on any atom is -0.497 e. The van der Waals surface area contributed by atoms with Gasteiger partial charge in [-0.15, -0.1) is 0 Å². The van der Waals surface area contributed by atoms with Gasteiger partial charge in [-0.3, -0.25) is 4.79 Å². The molecular weight excluding hydrogens is 538 g/mol. The normalized spacial score (nSPS) is 14.7. The molecular formula is C28H33N3O6S2. The van der Waals surface area contributed by atoms with Gasteiger partial charge in [0.25, 0.3) is 0 Å². The van der Waals surface area contributed by atoms with Gasteiger partial charge in [-0.25, -0.2) is 21.6 Å². The van der Waals surface area contributed by atoms with Gasteiger partial charge in [-0.1, -0.05) is 49.6 Å². The van der Waals surface area contributed by atoms with Crippen LogP contribution in [0.4, 0.5) is 5.69 Å². The van der Waals surface area contributed by atoms with Crippen molar-refractivity contribution in [3.63, 3.8) is 0 Å². The molecule has 0 atom stereocenters. The number of amides is 1. The van der Waals surface area contributed by atoms with Crippen molar-refractivity contribution in [2.45, 2.75) is 54.5 Å². The Balaban J connectivity index is 1.56. The van der Waals surface area contributed by atoms with Gasteiger partial charge < -0.3 is 10.1 Å². The summed E-state index contributed by atoms with van der Waals surface area (Å²) in [5.74, 6) is 0.114. The first-order chi connectivity index (χ1) is 18.7. The maximum Gasteiger partial charge on any atom is 0.243 e. The number of nitrogens with one attached hydrogen (secondary N) is 2. The average molecular weight is 572 g/mol. The second kappa shape index (κ2) is 12.7. The topological polar surface area (TPSA) is 122 Å². The number of methoxy groups -OCH3 is 1. The monoisotopic (exact) mass is 571 g/mol. The molecule has 1 aliphatic rings. The molecule has 1 saturated carbocycles. The van der Waals surface area contributed by atoms with Crippen LogP contribution in [-0.4, -0.2) is 46.7 Å². The Bertz CT molecular complexity index is 1450. The van der Waals surface area contributed by atoms with Crippen molar-refractivity contribution < 1.29 is 26.4 Å². The predicted octanol–water partition coefficient (Wildman–Crippen LogP) is 4.14. The van der Waals surface area contributed by atoms with Gasteiger partial charge in [-0.05, 0) is 66.9 Å². The van der Waals surface area contributed by atoms with E-state index in [4.69, 9.17) is 4.74 Å². The number of nitrogens with zero attached hydrogens (tertiary/aromatic N) is 1. The number of carbonyl (C=O) groups excluding carboxylic acids is 1. The number of hydrogen-bond acceptors (Lipinski definition) is 6. The molecule has 11 heteroatoms. The van der Waals surface area contributed by atoms with E-state index in [2.05, 4.69) is 10.0 Å². The predicted molar refractivity (Wildman–Crippen MR) is 149 cm³/mol. The van der Waals surface area contributed by atoms with Crippen LogP contribution in [0.3, 0.4) is 0 Å². The Hall–Kier alpha value is -3.25. The van der Waals surface area contributed by atoms with E-state index < -0.39 is 32.5 Å². The first kappa shape index (κ1) is 28.8. The first-order valence-corrected chi connectivity index (χ1v) is 15.7. The lowest BCUT2D eigenvalue weighted by molar-refractivity contribution is -0.116. The summed E-state index contributed by atoms with van der Waals surface area (Å²) in [4.78, 5) is 12.7. The Morgan fingerprint density at radius 1 is 0.846 bits per heavy atom. The molecule has 1 amide bonds. The molecule has 208 valence electrons. The molecule has 0 radical (unpaired) electrons. The van der Waals surface area contributed by atoms with Crippen LogP contribution in [0.1, 0.15) is 37.7 Å². The number of anilines is 1. The molecule has 0 spiro atoms. The van der Waals surface area contributed by atoms with Gasteiger partial charge in [0.15, 0.2) is 0 Å². The molecule has 1 fully saturated rings. The lowest BCUT2D eigenvalue weighted by Crippen LogP contribution is -2.37. The number of carbonyl (C=O) groups is 1. The summed E-state index contributed by atoms with van der Waals surface area (Å²) in [6, 6.07) is 20.6. The summed E-state index contributed by atoms with van der Waals surface area (Å²) in [7, 11) is -6.42. The number of ether oxygens (including phenoxy) is 1. The second-order valence-electron chi connectivity index (χ2n) is 9.46. The number of rotatable bonds is 11. The standard InChI is InChI=1S/C28H33N3O6S2/c1-37-25-14-12-22(13-15-25)20-31(21-28(32)29-23-8-4-2-5-9-23)39(35,36)27-18-16-26(17-19-27)38(33,34)30-24-10-6-3-7-11-24/h2,4-5,8-9,12-19,24,30H,3,6-7,10-11,20-21H2,1H3,(H,29,32). The van der Waals surface area contributed by atoms with Crippen LogP contribution in [0, 0.1) is 0 Å². The van der Waals surface area contributed by atoms with E-state index in [0.29, 0.717) is 17.0 Å². The van der Waals surface area contributed by atoms with Crippen LogP contribution in [-0.2, 0) is 31.4 Å². The minimum absolute atomic E-state index is 0.00412. The fraction of sp³-hybridized carbons (Fsp3) is 0.321. The third kappa shape index (κ3) is 7.66. The number of sulfonamides is 2. The molecule has 1 aliphatic carbocycles. The molecule has 39 heavy (non-hydrogen) atoms. The first-order valence-electron chi connectivity index (χ1n) is 12.8. The van der Waals surface area contributed by atoms with Gasteiger partial charge in [-0.2, -0.15) is 4.31 Å². The van der Waals surface area contributed by atoms with Crippen LogP contribution in [0.25, 0.3) is 0 Å². The van der Waals surface area contributed by atoms with Gasteiger partial charge in [0.1, 0.15) is 5.75 Å². The van der Waals surface area contributed by atoms with E-state index in [0.717, 1.165) is 36.4 Å². The zero-order chi connectivity index (χ0) is 27.9. The van der Waals surface area contributed by atoms with Crippen molar-refractivity contribution in [2.24, 2.45) is 0 Å². The lowest BCUT2D eigenvalue weighted by atomic mass is 9.96. The van der Waals surface area contributed by atoms with Crippen molar-refractivity contribution in [3.8, 4) is 5.75 Å².